The van der Waals surface area contributed by atoms with Crippen LogP contribution in [0.2, 0.25) is 0 Å². The van der Waals surface area contributed by atoms with Gasteiger partial charge in [0.25, 0.3) is 0 Å². The molecular weight excluding hydrogens is 232 g/mol. The van der Waals surface area contributed by atoms with Crippen molar-refractivity contribution in [2.24, 2.45) is 0 Å². The molecule has 2 heteroatoms. The Morgan fingerprint density at radius 3 is 2.63 bits per heavy atom. The smallest absolute Gasteiger partial charge is 0.0457 e. The summed E-state index contributed by atoms with van der Waals surface area (Å²) in [6.45, 7) is 8.03. The molecule has 0 radical (unpaired) electrons. The number of rotatable bonds is 8. The van der Waals surface area contributed by atoms with Crippen molar-refractivity contribution in [3.63, 3.8) is 0 Å². The molecule has 0 fully saturated rings. The quantitative estimate of drug-likeness (QED) is 0.687. The van der Waals surface area contributed by atoms with Gasteiger partial charge in [-0.05, 0) is 37.6 Å². The maximum absolute atomic E-state index is 3.38. The third-order valence-electron chi connectivity index (χ3n) is 3.69. The fraction of sp³-hybridized carbons (Fsp3) is 0.529. The number of nitrogens with one attached hydrogen (secondary N) is 1. The molecule has 2 aromatic rings. The maximum atomic E-state index is 3.38. The van der Waals surface area contributed by atoms with Gasteiger partial charge < -0.3 is 4.98 Å². The molecule has 1 aromatic carbocycles. The van der Waals surface area contributed by atoms with Gasteiger partial charge in [-0.25, -0.2) is 0 Å². The van der Waals surface area contributed by atoms with E-state index in [-0.39, 0.29) is 0 Å². The van der Waals surface area contributed by atoms with Crippen molar-refractivity contribution in [2.45, 2.75) is 46.1 Å². The standard InChI is InChI=1S/C17H26N2/c1-3-5-8-12-19(11-4-2)14-15-13-18-17-10-7-6-9-16(15)17/h6-7,9-10,13,18H,3-5,8,11-12,14H2,1-2H3. The molecule has 1 heterocycles. The molecule has 0 atom stereocenters. The molecule has 19 heavy (non-hydrogen) atoms. The molecular formula is C17H26N2. The second-order valence-electron chi connectivity index (χ2n) is 5.34. The van der Waals surface area contributed by atoms with E-state index in [1.54, 1.807) is 0 Å². The summed E-state index contributed by atoms with van der Waals surface area (Å²) < 4.78 is 0. The molecule has 0 amide bonds. The Bertz CT molecular complexity index is 487. The van der Waals surface area contributed by atoms with Gasteiger partial charge in [0.2, 0.25) is 0 Å². The van der Waals surface area contributed by atoms with Crippen LogP contribution in [-0.2, 0) is 6.54 Å². The lowest BCUT2D eigenvalue weighted by Gasteiger charge is -2.21. The first kappa shape index (κ1) is 14.1. The molecule has 0 saturated carbocycles. The average molecular weight is 258 g/mol. The second kappa shape index (κ2) is 7.34. The Labute approximate surface area is 116 Å². The van der Waals surface area contributed by atoms with Gasteiger partial charge in [0.05, 0.1) is 0 Å². The number of aromatic amines is 1. The molecule has 0 unspecified atom stereocenters. The van der Waals surface area contributed by atoms with E-state index in [9.17, 15) is 0 Å². The summed E-state index contributed by atoms with van der Waals surface area (Å²) in [5.41, 5.74) is 2.68. The number of fused-ring (bicyclic) bond motifs is 1. The van der Waals surface area contributed by atoms with Crippen molar-refractivity contribution in [1.29, 1.82) is 0 Å². The third kappa shape index (κ3) is 3.84. The number of benzene rings is 1. The van der Waals surface area contributed by atoms with Crippen LogP contribution >= 0.6 is 0 Å². The highest BCUT2D eigenvalue weighted by Crippen LogP contribution is 2.19. The Balaban J connectivity index is 2.03. The SMILES string of the molecule is CCCCCN(CCC)Cc1c[nH]c2ccccc12. The summed E-state index contributed by atoms with van der Waals surface area (Å²) >= 11 is 0. The predicted molar refractivity (Wildman–Crippen MR) is 83.4 cm³/mol. The van der Waals surface area contributed by atoms with Crippen molar-refractivity contribution in [2.75, 3.05) is 13.1 Å². The highest BCUT2D eigenvalue weighted by Gasteiger charge is 2.08. The number of hydrogen-bond donors (Lipinski definition) is 1. The Hall–Kier alpha value is -1.28. The highest BCUT2D eigenvalue weighted by atomic mass is 15.1. The van der Waals surface area contributed by atoms with Gasteiger partial charge in [-0.1, -0.05) is 44.9 Å². The van der Waals surface area contributed by atoms with Crippen molar-refractivity contribution in [3.05, 3.63) is 36.0 Å². The van der Waals surface area contributed by atoms with Crippen LogP contribution in [-0.4, -0.2) is 23.0 Å². The van der Waals surface area contributed by atoms with Crippen LogP contribution in [0.3, 0.4) is 0 Å². The molecule has 2 nitrogen and oxygen atoms in total. The van der Waals surface area contributed by atoms with Gasteiger partial charge in [0, 0.05) is 23.6 Å². The summed E-state index contributed by atoms with van der Waals surface area (Å²) in [6.07, 6.45) is 7.36. The van der Waals surface area contributed by atoms with Gasteiger partial charge in [-0.2, -0.15) is 0 Å². The predicted octanol–water partition coefficient (Wildman–Crippen LogP) is 4.57. The van der Waals surface area contributed by atoms with Crippen LogP contribution in [0.1, 0.15) is 45.1 Å². The van der Waals surface area contributed by atoms with Crippen molar-refractivity contribution in [3.8, 4) is 0 Å². The first-order chi connectivity index (χ1) is 9.35. The van der Waals surface area contributed by atoms with Gasteiger partial charge in [-0.3, -0.25) is 4.90 Å². The molecule has 1 N–H and O–H groups in total. The molecule has 2 rings (SSSR count). The molecule has 0 saturated heterocycles. The molecule has 1 aromatic heterocycles. The summed E-state index contributed by atoms with van der Waals surface area (Å²) in [7, 11) is 0. The minimum atomic E-state index is 1.07. The minimum absolute atomic E-state index is 1.07. The first-order valence-electron chi connectivity index (χ1n) is 7.62. The van der Waals surface area contributed by atoms with Gasteiger partial charge in [-0.15, -0.1) is 0 Å². The van der Waals surface area contributed by atoms with Crippen molar-refractivity contribution >= 4 is 10.9 Å². The molecule has 0 spiro atoms. The van der Waals surface area contributed by atoms with Crippen LogP contribution < -0.4 is 0 Å². The van der Waals surface area contributed by atoms with Crippen LogP contribution in [0, 0.1) is 0 Å². The van der Waals surface area contributed by atoms with Gasteiger partial charge >= 0.3 is 0 Å². The summed E-state index contributed by atoms with van der Waals surface area (Å²) in [5, 5.41) is 1.37. The van der Waals surface area contributed by atoms with Crippen LogP contribution in [0.25, 0.3) is 10.9 Å². The molecule has 104 valence electrons. The Morgan fingerprint density at radius 2 is 1.84 bits per heavy atom. The Morgan fingerprint density at radius 1 is 1.00 bits per heavy atom. The van der Waals surface area contributed by atoms with E-state index in [1.165, 1.54) is 55.2 Å². The number of para-hydroxylation sites is 1. The number of unbranched alkanes of at least 4 members (excludes halogenated alkanes) is 2. The molecule has 0 bridgehead atoms. The fourth-order valence-electron chi connectivity index (χ4n) is 2.67. The third-order valence-corrected chi connectivity index (χ3v) is 3.69. The number of hydrogen-bond acceptors (Lipinski definition) is 1. The molecule has 0 aliphatic rings. The Kier molecular flexibility index (Phi) is 5.46. The fourth-order valence-corrected chi connectivity index (χ4v) is 2.67. The topological polar surface area (TPSA) is 19.0 Å². The summed E-state index contributed by atoms with van der Waals surface area (Å²) in [5.74, 6) is 0. The van der Waals surface area contributed by atoms with E-state index in [0.29, 0.717) is 0 Å². The zero-order valence-electron chi connectivity index (χ0n) is 12.3. The highest BCUT2D eigenvalue weighted by molar-refractivity contribution is 5.82. The van der Waals surface area contributed by atoms with E-state index in [4.69, 9.17) is 0 Å². The number of H-pyrrole nitrogens is 1. The van der Waals surface area contributed by atoms with Crippen molar-refractivity contribution < 1.29 is 0 Å². The van der Waals surface area contributed by atoms with E-state index < -0.39 is 0 Å². The van der Waals surface area contributed by atoms with Gasteiger partial charge in [0.15, 0.2) is 0 Å². The number of aromatic nitrogens is 1. The van der Waals surface area contributed by atoms with E-state index in [1.807, 2.05) is 0 Å². The minimum Gasteiger partial charge on any atom is -0.361 e. The second-order valence-corrected chi connectivity index (χ2v) is 5.34. The van der Waals surface area contributed by atoms with Crippen LogP contribution in [0.15, 0.2) is 30.5 Å². The zero-order valence-corrected chi connectivity index (χ0v) is 12.3. The van der Waals surface area contributed by atoms with Crippen LogP contribution in [0.4, 0.5) is 0 Å². The molecule has 0 aliphatic heterocycles. The van der Waals surface area contributed by atoms with Crippen LogP contribution in [0.5, 0.6) is 0 Å². The average Bonchev–Trinajstić information content (AvgIpc) is 2.83. The number of nitrogens with zero attached hydrogens (tertiary/aromatic N) is 1. The zero-order chi connectivity index (χ0) is 13.5. The van der Waals surface area contributed by atoms with E-state index >= 15 is 0 Å². The van der Waals surface area contributed by atoms with E-state index in [2.05, 4.69) is 54.2 Å². The lowest BCUT2D eigenvalue weighted by Crippen LogP contribution is -2.25. The first-order valence-corrected chi connectivity index (χ1v) is 7.62. The summed E-state index contributed by atoms with van der Waals surface area (Å²) in [6, 6.07) is 8.59. The van der Waals surface area contributed by atoms with Gasteiger partial charge in [0.1, 0.15) is 0 Å². The lowest BCUT2D eigenvalue weighted by atomic mass is 10.1. The van der Waals surface area contributed by atoms with Crippen molar-refractivity contribution in [1.82, 2.24) is 9.88 Å². The maximum Gasteiger partial charge on any atom is 0.0457 e. The lowest BCUT2D eigenvalue weighted by molar-refractivity contribution is 0.261. The van der Waals surface area contributed by atoms with E-state index in [0.717, 1.165) is 6.54 Å². The monoisotopic (exact) mass is 258 g/mol. The molecule has 0 aliphatic carbocycles. The largest absolute Gasteiger partial charge is 0.361 e. The normalized spacial score (nSPS) is 11.5. The summed E-state index contributed by atoms with van der Waals surface area (Å²) in [4.78, 5) is 5.96.